The molecule has 1 atom stereocenters. The van der Waals surface area contributed by atoms with Crippen LogP contribution in [0.2, 0.25) is 0 Å². The van der Waals surface area contributed by atoms with Crippen LogP contribution >= 0.6 is 0 Å². The predicted octanol–water partition coefficient (Wildman–Crippen LogP) is 0.855. The number of rotatable bonds is 9. The zero-order valence-electron chi connectivity index (χ0n) is 9.50. The Balaban J connectivity index is 3.75. The predicted molar refractivity (Wildman–Crippen MR) is 61.5 cm³/mol. The average Bonchev–Trinajstić information content (AvgIpc) is 2.18. The molecule has 0 fully saturated rings. The van der Waals surface area contributed by atoms with E-state index in [0.29, 0.717) is 6.04 Å². The molecule has 0 radical (unpaired) electrons. The van der Waals surface area contributed by atoms with Crippen LogP contribution in [0.1, 0.15) is 19.8 Å². The zero-order valence-corrected chi connectivity index (χ0v) is 9.50. The molecule has 0 bridgehead atoms. The lowest BCUT2D eigenvalue weighted by atomic mass is 10.1. The Labute approximate surface area is 87.8 Å². The van der Waals surface area contributed by atoms with E-state index < -0.39 is 0 Å². The highest BCUT2D eigenvalue weighted by Gasteiger charge is 2.10. The first kappa shape index (κ1) is 13.6. The first-order valence-electron chi connectivity index (χ1n) is 5.36. The van der Waals surface area contributed by atoms with Gasteiger partial charge in [0.15, 0.2) is 0 Å². The SMILES string of the molecule is C=CCN(CCO)C(C)CCCNC. The molecule has 0 aliphatic rings. The molecule has 2 N–H and O–H groups in total. The van der Waals surface area contributed by atoms with Gasteiger partial charge in [0.25, 0.3) is 0 Å². The topological polar surface area (TPSA) is 35.5 Å². The van der Waals surface area contributed by atoms with Gasteiger partial charge in [-0.15, -0.1) is 6.58 Å². The number of nitrogens with zero attached hydrogens (tertiary/aromatic N) is 1. The summed E-state index contributed by atoms with van der Waals surface area (Å²) in [7, 11) is 1.97. The van der Waals surface area contributed by atoms with Crippen LogP contribution in [-0.2, 0) is 0 Å². The molecule has 0 heterocycles. The van der Waals surface area contributed by atoms with Crippen molar-refractivity contribution in [2.75, 3.05) is 33.3 Å². The van der Waals surface area contributed by atoms with Crippen LogP contribution in [0.3, 0.4) is 0 Å². The lowest BCUT2D eigenvalue weighted by Gasteiger charge is -2.27. The lowest BCUT2D eigenvalue weighted by molar-refractivity contribution is 0.165. The van der Waals surface area contributed by atoms with Crippen LogP contribution in [-0.4, -0.2) is 49.3 Å². The van der Waals surface area contributed by atoms with Crippen LogP contribution in [0.5, 0.6) is 0 Å². The van der Waals surface area contributed by atoms with E-state index in [-0.39, 0.29) is 6.61 Å². The van der Waals surface area contributed by atoms with E-state index >= 15 is 0 Å². The maximum absolute atomic E-state index is 8.90. The maximum atomic E-state index is 8.90. The smallest absolute Gasteiger partial charge is 0.0558 e. The van der Waals surface area contributed by atoms with Crippen LogP contribution < -0.4 is 5.32 Å². The molecule has 0 saturated heterocycles. The van der Waals surface area contributed by atoms with Crippen LogP contribution in [0.15, 0.2) is 12.7 Å². The summed E-state index contributed by atoms with van der Waals surface area (Å²) >= 11 is 0. The summed E-state index contributed by atoms with van der Waals surface area (Å²) in [6.07, 6.45) is 4.23. The molecule has 84 valence electrons. The van der Waals surface area contributed by atoms with Crippen molar-refractivity contribution in [2.45, 2.75) is 25.8 Å². The number of aliphatic hydroxyl groups is 1. The largest absolute Gasteiger partial charge is 0.395 e. The summed E-state index contributed by atoms with van der Waals surface area (Å²) in [6, 6.07) is 0.522. The third kappa shape index (κ3) is 6.13. The number of nitrogens with one attached hydrogen (secondary N) is 1. The fourth-order valence-corrected chi connectivity index (χ4v) is 1.54. The molecule has 0 amide bonds. The minimum atomic E-state index is 0.226. The lowest BCUT2D eigenvalue weighted by Crippen LogP contribution is -2.35. The van der Waals surface area contributed by atoms with Crippen molar-refractivity contribution < 1.29 is 5.11 Å². The summed E-state index contributed by atoms with van der Waals surface area (Å²) < 4.78 is 0. The molecule has 14 heavy (non-hydrogen) atoms. The molecular weight excluding hydrogens is 176 g/mol. The van der Waals surface area contributed by atoms with Gasteiger partial charge >= 0.3 is 0 Å². The van der Waals surface area contributed by atoms with E-state index in [1.54, 1.807) is 0 Å². The quantitative estimate of drug-likeness (QED) is 0.428. The second kappa shape index (κ2) is 9.19. The fraction of sp³-hybridized carbons (Fsp3) is 0.818. The van der Waals surface area contributed by atoms with Gasteiger partial charge in [0.2, 0.25) is 0 Å². The van der Waals surface area contributed by atoms with Crippen molar-refractivity contribution in [3.8, 4) is 0 Å². The van der Waals surface area contributed by atoms with Crippen molar-refractivity contribution in [3.05, 3.63) is 12.7 Å². The zero-order chi connectivity index (χ0) is 10.8. The van der Waals surface area contributed by atoms with E-state index in [1.807, 2.05) is 13.1 Å². The molecule has 0 aromatic carbocycles. The molecule has 1 unspecified atom stereocenters. The third-order valence-corrected chi connectivity index (χ3v) is 2.42. The molecule has 3 heteroatoms. The summed E-state index contributed by atoms with van der Waals surface area (Å²) in [5.74, 6) is 0. The van der Waals surface area contributed by atoms with Crippen LogP contribution in [0.4, 0.5) is 0 Å². The van der Waals surface area contributed by atoms with Crippen molar-refractivity contribution in [2.24, 2.45) is 0 Å². The van der Waals surface area contributed by atoms with Gasteiger partial charge in [-0.3, -0.25) is 4.90 Å². The Kier molecular flexibility index (Phi) is 8.94. The molecule has 0 aliphatic carbocycles. The average molecular weight is 200 g/mol. The van der Waals surface area contributed by atoms with Crippen molar-refractivity contribution >= 4 is 0 Å². The van der Waals surface area contributed by atoms with Gasteiger partial charge in [-0.25, -0.2) is 0 Å². The van der Waals surface area contributed by atoms with Crippen molar-refractivity contribution in [1.82, 2.24) is 10.2 Å². The Hall–Kier alpha value is -0.380. The van der Waals surface area contributed by atoms with Gasteiger partial charge in [-0.05, 0) is 33.4 Å². The monoisotopic (exact) mass is 200 g/mol. The summed E-state index contributed by atoms with van der Waals surface area (Å²) in [6.45, 7) is 8.82. The van der Waals surface area contributed by atoms with Gasteiger partial charge in [0.05, 0.1) is 6.61 Å². The van der Waals surface area contributed by atoms with Crippen molar-refractivity contribution in [3.63, 3.8) is 0 Å². The highest BCUT2D eigenvalue weighted by molar-refractivity contribution is 4.77. The third-order valence-electron chi connectivity index (χ3n) is 2.42. The number of hydrogen-bond donors (Lipinski definition) is 2. The number of hydrogen-bond acceptors (Lipinski definition) is 3. The first-order chi connectivity index (χ1) is 6.76. The Morgan fingerprint density at radius 1 is 1.57 bits per heavy atom. The van der Waals surface area contributed by atoms with Gasteiger partial charge < -0.3 is 10.4 Å². The van der Waals surface area contributed by atoms with Gasteiger partial charge in [-0.1, -0.05) is 6.08 Å². The molecule has 0 aromatic heterocycles. The normalized spacial score (nSPS) is 13.1. The minimum Gasteiger partial charge on any atom is -0.395 e. The molecule has 0 rings (SSSR count). The fourth-order valence-electron chi connectivity index (χ4n) is 1.54. The van der Waals surface area contributed by atoms with E-state index in [4.69, 9.17) is 5.11 Å². The minimum absolute atomic E-state index is 0.226. The van der Waals surface area contributed by atoms with Crippen LogP contribution in [0, 0.1) is 0 Å². The van der Waals surface area contributed by atoms with Gasteiger partial charge in [-0.2, -0.15) is 0 Å². The molecule has 0 aliphatic heterocycles. The van der Waals surface area contributed by atoms with E-state index in [0.717, 1.165) is 26.1 Å². The Morgan fingerprint density at radius 2 is 2.29 bits per heavy atom. The summed E-state index contributed by atoms with van der Waals surface area (Å²) in [4.78, 5) is 2.25. The molecule has 0 spiro atoms. The summed E-state index contributed by atoms with van der Waals surface area (Å²) in [5, 5.41) is 12.0. The standard InChI is InChI=1S/C11H24N2O/c1-4-8-13(9-10-14)11(2)6-5-7-12-3/h4,11-12,14H,1,5-10H2,2-3H3. The first-order valence-corrected chi connectivity index (χ1v) is 5.36. The second-order valence-electron chi connectivity index (χ2n) is 3.60. The molecule has 3 nitrogen and oxygen atoms in total. The highest BCUT2D eigenvalue weighted by atomic mass is 16.3. The highest BCUT2D eigenvalue weighted by Crippen LogP contribution is 2.05. The van der Waals surface area contributed by atoms with Crippen LogP contribution in [0.25, 0.3) is 0 Å². The van der Waals surface area contributed by atoms with E-state index in [9.17, 15) is 0 Å². The van der Waals surface area contributed by atoms with Gasteiger partial charge in [0, 0.05) is 19.1 Å². The van der Waals surface area contributed by atoms with Crippen molar-refractivity contribution in [1.29, 1.82) is 0 Å². The maximum Gasteiger partial charge on any atom is 0.0558 e. The molecule has 0 saturated carbocycles. The Morgan fingerprint density at radius 3 is 2.79 bits per heavy atom. The van der Waals surface area contributed by atoms with E-state index in [2.05, 4.69) is 23.7 Å². The molecule has 0 aromatic rings. The number of aliphatic hydroxyl groups excluding tert-OH is 1. The summed E-state index contributed by atoms with van der Waals surface area (Å²) in [5.41, 5.74) is 0. The Bertz CT molecular complexity index is 139. The molecular formula is C11H24N2O. The van der Waals surface area contributed by atoms with E-state index in [1.165, 1.54) is 6.42 Å². The second-order valence-corrected chi connectivity index (χ2v) is 3.60. The van der Waals surface area contributed by atoms with Gasteiger partial charge in [0.1, 0.15) is 0 Å².